The van der Waals surface area contributed by atoms with Crippen LogP contribution in [0.1, 0.15) is 17.8 Å². The molecule has 0 saturated carbocycles. The number of anilines is 1. The van der Waals surface area contributed by atoms with Crippen molar-refractivity contribution in [1.29, 1.82) is 0 Å². The first kappa shape index (κ1) is 21.0. The summed E-state index contributed by atoms with van der Waals surface area (Å²) < 4.78 is 28.9. The number of carbonyl (C=O) groups excluding carboxylic acids is 1. The molecule has 30 heavy (non-hydrogen) atoms. The van der Waals surface area contributed by atoms with Crippen LogP contribution < -0.4 is 4.90 Å². The van der Waals surface area contributed by atoms with Gasteiger partial charge in [0.25, 0.3) is 0 Å². The standard InChI is InChI=1S/C21H23BrN4O3S/c1-24(2)30(28,29)16-5-7-19-17(13-16)23-20(25(19)3)8-9-21(27)26-11-10-14-12-15(22)4-6-18(14)26/h4-7,12-13H,8-11H2,1-3H3. The number of fused-ring (bicyclic) bond motifs is 2. The summed E-state index contributed by atoms with van der Waals surface area (Å²) in [5.41, 5.74) is 3.60. The van der Waals surface area contributed by atoms with Gasteiger partial charge in [0, 0.05) is 50.7 Å². The second-order valence-electron chi connectivity index (χ2n) is 7.59. The Morgan fingerprint density at radius 2 is 1.97 bits per heavy atom. The number of aryl methyl sites for hydroxylation is 2. The Labute approximate surface area is 184 Å². The van der Waals surface area contributed by atoms with E-state index in [4.69, 9.17) is 0 Å². The van der Waals surface area contributed by atoms with Gasteiger partial charge in [-0.3, -0.25) is 4.79 Å². The predicted molar refractivity (Wildman–Crippen MR) is 120 cm³/mol. The summed E-state index contributed by atoms with van der Waals surface area (Å²) in [7, 11) is 1.37. The van der Waals surface area contributed by atoms with E-state index in [0.29, 0.717) is 24.9 Å². The van der Waals surface area contributed by atoms with Crippen molar-refractivity contribution >= 4 is 48.6 Å². The molecule has 1 amide bonds. The summed E-state index contributed by atoms with van der Waals surface area (Å²) in [6, 6.07) is 10.9. The Kier molecular flexibility index (Phi) is 5.46. The molecule has 4 rings (SSSR count). The van der Waals surface area contributed by atoms with Gasteiger partial charge in [-0.15, -0.1) is 0 Å². The lowest BCUT2D eigenvalue weighted by Gasteiger charge is -2.17. The maximum atomic E-state index is 12.8. The molecule has 158 valence electrons. The maximum absolute atomic E-state index is 12.8. The highest BCUT2D eigenvalue weighted by molar-refractivity contribution is 9.10. The van der Waals surface area contributed by atoms with Gasteiger partial charge in [-0.2, -0.15) is 0 Å². The third-order valence-corrected chi connectivity index (χ3v) is 7.83. The van der Waals surface area contributed by atoms with E-state index < -0.39 is 10.0 Å². The summed E-state index contributed by atoms with van der Waals surface area (Å²) in [6.45, 7) is 0.693. The van der Waals surface area contributed by atoms with Crippen LogP contribution in [-0.2, 0) is 34.7 Å². The van der Waals surface area contributed by atoms with Crippen LogP contribution in [0, 0.1) is 0 Å². The van der Waals surface area contributed by atoms with Crippen LogP contribution in [0.25, 0.3) is 11.0 Å². The minimum Gasteiger partial charge on any atom is -0.331 e. The lowest BCUT2D eigenvalue weighted by molar-refractivity contribution is -0.118. The topological polar surface area (TPSA) is 75.5 Å². The molecule has 0 spiro atoms. The first-order chi connectivity index (χ1) is 14.2. The second kappa shape index (κ2) is 7.79. The Bertz CT molecular complexity index is 1250. The number of carbonyl (C=O) groups is 1. The summed E-state index contributed by atoms with van der Waals surface area (Å²) >= 11 is 3.48. The average molecular weight is 491 g/mol. The van der Waals surface area contributed by atoms with Crippen molar-refractivity contribution in [2.75, 3.05) is 25.5 Å². The lowest BCUT2D eigenvalue weighted by atomic mass is 10.2. The van der Waals surface area contributed by atoms with Crippen molar-refractivity contribution in [2.45, 2.75) is 24.2 Å². The van der Waals surface area contributed by atoms with Gasteiger partial charge >= 0.3 is 0 Å². The molecule has 1 aliphatic rings. The van der Waals surface area contributed by atoms with Crippen molar-refractivity contribution in [3.05, 3.63) is 52.3 Å². The van der Waals surface area contributed by atoms with Crippen LogP contribution in [0.15, 0.2) is 45.8 Å². The number of sulfonamides is 1. The summed E-state index contributed by atoms with van der Waals surface area (Å²) in [5.74, 6) is 0.826. The third kappa shape index (κ3) is 3.66. The number of hydrogen-bond acceptors (Lipinski definition) is 4. The number of imidazole rings is 1. The van der Waals surface area contributed by atoms with Crippen molar-refractivity contribution in [3.8, 4) is 0 Å². The fourth-order valence-electron chi connectivity index (χ4n) is 3.81. The van der Waals surface area contributed by atoms with E-state index in [1.54, 1.807) is 18.2 Å². The SMILES string of the molecule is CN(C)S(=O)(=O)c1ccc2c(c1)nc(CCC(=O)N1CCc3cc(Br)ccc31)n2C. The maximum Gasteiger partial charge on any atom is 0.242 e. The van der Waals surface area contributed by atoms with Crippen LogP contribution in [0.5, 0.6) is 0 Å². The summed E-state index contributed by atoms with van der Waals surface area (Å²) in [6.07, 6.45) is 1.69. The Hall–Kier alpha value is -2.23. The van der Waals surface area contributed by atoms with Gasteiger partial charge in [0.2, 0.25) is 15.9 Å². The highest BCUT2D eigenvalue weighted by Crippen LogP contribution is 2.31. The van der Waals surface area contributed by atoms with Crippen molar-refractivity contribution in [1.82, 2.24) is 13.9 Å². The molecule has 1 aromatic heterocycles. The van der Waals surface area contributed by atoms with Crippen LogP contribution in [0.3, 0.4) is 0 Å². The molecule has 1 aliphatic heterocycles. The molecule has 0 aliphatic carbocycles. The van der Waals surface area contributed by atoms with Crippen LogP contribution >= 0.6 is 15.9 Å². The highest BCUT2D eigenvalue weighted by atomic mass is 79.9. The highest BCUT2D eigenvalue weighted by Gasteiger charge is 2.25. The number of hydrogen-bond donors (Lipinski definition) is 0. The molecular weight excluding hydrogens is 468 g/mol. The Morgan fingerprint density at radius 1 is 1.20 bits per heavy atom. The lowest BCUT2D eigenvalue weighted by Crippen LogP contribution is -2.29. The van der Waals surface area contributed by atoms with E-state index >= 15 is 0 Å². The fraction of sp³-hybridized carbons (Fsp3) is 0.333. The first-order valence-electron chi connectivity index (χ1n) is 9.65. The summed E-state index contributed by atoms with van der Waals surface area (Å²) in [4.78, 5) is 19.5. The molecule has 0 atom stereocenters. The van der Waals surface area contributed by atoms with E-state index in [0.717, 1.165) is 27.9 Å². The molecule has 7 nitrogen and oxygen atoms in total. The van der Waals surface area contributed by atoms with E-state index in [2.05, 4.69) is 27.0 Å². The zero-order valence-corrected chi connectivity index (χ0v) is 19.5. The van der Waals surface area contributed by atoms with Crippen LogP contribution in [0.4, 0.5) is 5.69 Å². The smallest absolute Gasteiger partial charge is 0.242 e. The van der Waals surface area contributed by atoms with Gasteiger partial charge in [0.05, 0.1) is 15.9 Å². The second-order valence-corrected chi connectivity index (χ2v) is 10.7. The molecule has 2 heterocycles. The van der Waals surface area contributed by atoms with Crippen LogP contribution in [0.2, 0.25) is 0 Å². The molecular formula is C21H23BrN4O3S. The molecule has 0 saturated heterocycles. The van der Waals surface area contributed by atoms with Gasteiger partial charge in [0.15, 0.2) is 0 Å². The zero-order chi connectivity index (χ0) is 21.6. The molecule has 0 N–H and O–H groups in total. The zero-order valence-electron chi connectivity index (χ0n) is 17.1. The first-order valence-corrected chi connectivity index (χ1v) is 11.9. The van der Waals surface area contributed by atoms with Crippen molar-refractivity contribution in [3.63, 3.8) is 0 Å². The van der Waals surface area contributed by atoms with Gasteiger partial charge in [-0.05, 0) is 48.4 Å². The molecule has 0 fully saturated rings. The number of rotatable bonds is 5. The van der Waals surface area contributed by atoms with Gasteiger partial charge < -0.3 is 9.47 Å². The molecule has 0 radical (unpaired) electrons. The Morgan fingerprint density at radius 3 is 2.70 bits per heavy atom. The normalized spacial score (nSPS) is 14.0. The number of nitrogens with zero attached hydrogens (tertiary/aromatic N) is 4. The van der Waals surface area contributed by atoms with E-state index in [-0.39, 0.29) is 10.8 Å². The van der Waals surface area contributed by atoms with E-state index in [1.165, 1.54) is 24.0 Å². The van der Waals surface area contributed by atoms with E-state index in [1.807, 2.05) is 28.6 Å². The minimum atomic E-state index is -3.52. The van der Waals surface area contributed by atoms with Gasteiger partial charge in [-0.1, -0.05) is 15.9 Å². The largest absolute Gasteiger partial charge is 0.331 e. The number of amides is 1. The minimum absolute atomic E-state index is 0.0685. The van der Waals surface area contributed by atoms with E-state index in [9.17, 15) is 13.2 Å². The molecule has 9 heteroatoms. The predicted octanol–water partition coefficient (Wildman–Crippen LogP) is 3.11. The quantitative estimate of drug-likeness (QED) is 0.550. The summed E-state index contributed by atoms with van der Waals surface area (Å²) in [5, 5.41) is 0. The molecule has 0 unspecified atom stereocenters. The monoisotopic (exact) mass is 490 g/mol. The average Bonchev–Trinajstić information content (AvgIpc) is 3.26. The van der Waals surface area contributed by atoms with Crippen LogP contribution in [-0.4, -0.2) is 48.8 Å². The molecule has 3 aromatic rings. The number of aromatic nitrogens is 2. The molecule has 0 bridgehead atoms. The fourth-order valence-corrected chi connectivity index (χ4v) is 5.14. The Balaban J connectivity index is 1.54. The van der Waals surface area contributed by atoms with Crippen molar-refractivity contribution in [2.24, 2.45) is 7.05 Å². The number of halogens is 1. The van der Waals surface area contributed by atoms with Gasteiger partial charge in [-0.25, -0.2) is 17.7 Å². The number of benzene rings is 2. The van der Waals surface area contributed by atoms with Crippen molar-refractivity contribution < 1.29 is 13.2 Å². The molecule has 2 aromatic carbocycles. The third-order valence-electron chi connectivity index (χ3n) is 5.52. The van der Waals surface area contributed by atoms with Gasteiger partial charge in [0.1, 0.15) is 5.82 Å².